The van der Waals surface area contributed by atoms with Crippen molar-refractivity contribution >= 4 is 17.1 Å². The monoisotopic (exact) mass is 447 g/mol. The molecule has 160 valence electrons. The number of aromatic nitrogens is 2. The topological polar surface area (TPSA) is 89.0 Å². The van der Waals surface area contributed by atoms with Crippen LogP contribution < -0.4 is 4.74 Å². The molecular weight excluding hydrogens is 429 g/mol. The molecule has 0 radical (unpaired) electrons. The molecule has 1 atom stereocenters. The zero-order chi connectivity index (χ0) is 22.5. The average Bonchev–Trinajstić information content (AvgIpc) is 3.49. The highest BCUT2D eigenvalue weighted by molar-refractivity contribution is 7.10. The SMILES string of the molecule is COc1ccc(-c2csc(C(C#N)C(=O)CCc3ncc(-c4ccc(F)cc4)o3)n2)cc1. The van der Waals surface area contributed by atoms with Crippen LogP contribution in [0.25, 0.3) is 22.6 Å². The molecule has 2 heterocycles. The molecule has 0 spiro atoms. The number of Topliss-reactive ketones (excluding diaryl/α,β-unsaturated/α-hetero) is 1. The van der Waals surface area contributed by atoms with E-state index in [0.29, 0.717) is 27.9 Å². The molecule has 1 unspecified atom stereocenters. The van der Waals surface area contributed by atoms with Gasteiger partial charge in [-0.25, -0.2) is 14.4 Å². The molecule has 6 nitrogen and oxygen atoms in total. The average molecular weight is 447 g/mol. The Morgan fingerprint density at radius 3 is 2.59 bits per heavy atom. The van der Waals surface area contributed by atoms with Gasteiger partial charge < -0.3 is 9.15 Å². The van der Waals surface area contributed by atoms with Crippen molar-refractivity contribution in [3.8, 4) is 34.4 Å². The number of carbonyl (C=O) groups excluding carboxylic acids is 1. The van der Waals surface area contributed by atoms with Crippen LogP contribution in [0.3, 0.4) is 0 Å². The molecule has 2 aromatic carbocycles. The highest BCUT2D eigenvalue weighted by Gasteiger charge is 2.24. The number of hydrogen-bond donors (Lipinski definition) is 0. The van der Waals surface area contributed by atoms with E-state index in [1.807, 2.05) is 29.6 Å². The first-order valence-electron chi connectivity index (χ1n) is 9.80. The molecule has 0 fully saturated rings. The van der Waals surface area contributed by atoms with Crippen LogP contribution in [0.5, 0.6) is 5.75 Å². The third-order valence-corrected chi connectivity index (χ3v) is 5.78. The Kier molecular flexibility index (Phi) is 6.38. The van der Waals surface area contributed by atoms with Gasteiger partial charge in [-0.3, -0.25) is 4.79 Å². The number of ether oxygens (including phenoxy) is 1. The molecule has 0 N–H and O–H groups in total. The van der Waals surface area contributed by atoms with Crippen LogP contribution in [0.15, 0.2) is 64.5 Å². The largest absolute Gasteiger partial charge is 0.497 e. The fraction of sp³-hybridized carbons (Fsp3) is 0.167. The van der Waals surface area contributed by atoms with Gasteiger partial charge in [0.2, 0.25) is 0 Å². The second-order valence-corrected chi connectivity index (χ2v) is 7.84. The number of thiazole rings is 1. The van der Waals surface area contributed by atoms with Crippen molar-refractivity contribution in [1.82, 2.24) is 9.97 Å². The normalized spacial score (nSPS) is 11.7. The minimum absolute atomic E-state index is 0.0963. The molecule has 2 aromatic heterocycles. The number of carbonyl (C=O) groups is 1. The number of ketones is 1. The van der Waals surface area contributed by atoms with Crippen molar-refractivity contribution < 1.29 is 18.3 Å². The van der Waals surface area contributed by atoms with Gasteiger partial charge in [-0.1, -0.05) is 0 Å². The Balaban J connectivity index is 1.41. The van der Waals surface area contributed by atoms with Gasteiger partial charge in [-0.15, -0.1) is 11.3 Å². The van der Waals surface area contributed by atoms with E-state index in [1.165, 1.54) is 29.7 Å². The van der Waals surface area contributed by atoms with Crippen molar-refractivity contribution in [1.29, 1.82) is 5.26 Å². The summed E-state index contributed by atoms with van der Waals surface area (Å²) in [5.41, 5.74) is 2.28. The van der Waals surface area contributed by atoms with Gasteiger partial charge in [0.15, 0.2) is 23.4 Å². The summed E-state index contributed by atoms with van der Waals surface area (Å²) >= 11 is 1.28. The standard InChI is InChI=1S/C24H18FN3O3S/c1-30-18-8-4-15(5-9-18)20-14-32-24(28-20)19(12-26)21(29)10-11-23-27-13-22(31-23)16-2-6-17(25)7-3-16/h2-9,13-14,19H,10-11H2,1H3. The summed E-state index contributed by atoms with van der Waals surface area (Å²) in [7, 11) is 1.60. The molecule has 8 heteroatoms. The highest BCUT2D eigenvalue weighted by Crippen LogP contribution is 2.29. The van der Waals surface area contributed by atoms with Gasteiger partial charge >= 0.3 is 0 Å². The summed E-state index contributed by atoms with van der Waals surface area (Å²) in [4.78, 5) is 21.4. The fourth-order valence-electron chi connectivity index (χ4n) is 3.13. The Bertz CT molecular complexity index is 1260. The van der Waals surface area contributed by atoms with Crippen molar-refractivity contribution in [3.63, 3.8) is 0 Å². The van der Waals surface area contributed by atoms with Crippen molar-refractivity contribution in [3.05, 3.63) is 76.8 Å². The predicted octanol–water partition coefficient (Wildman–Crippen LogP) is 5.42. The number of rotatable bonds is 8. The number of halogens is 1. The van der Waals surface area contributed by atoms with Gasteiger partial charge in [0.05, 0.1) is 25.1 Å². The van der Waals surface area contributed by atoms with Crippen LogP contribution >= 0.6 is 11.3 Å². The first kappa shape index (κ1) is 21.4. The summed E-state index contributed by atoms with van der Waals surface area (Å²) in [6.07, 6.45) is 1.89. The molecule has 0 bridgehead atoms. The minimum atomic E-state index is -0.946. The molecule has 4 aromatic rings. The molecule has 4 rings (SSSR count). The number of hydrogen-bond acceptors (Lipinski definition) is 7. The number of oxazole rings is 1. The smallest absolute Gasteiger partial charge is 0.195 e. The van der Waals surface area contributed by atoms with Crippen LogP contribution in [0.1, 0.15) is 23.2 Å². The van der Waals surface area contributed by atoms with Crippen LogP contribution in [0.4, 0.5) is 4.39 Å². The van der Waals surface area contributed by atoms with Gasteiger partial charge in [0.1, 0.15) is 16.6 Å². The van der Waals surface area contributed by atoms with Gasteiger partial charge in [-0.05, 0) is 48.5 Å². The fourth-order valence-corrected chi connectivity index (χ4v) is 4.02. The van der Waals surface area contributed by atoms with Gasteiger partial charge in [0, 0.05) is 29.3 Å². The maximum Gasteiger partial charge on any atom is 0.195 e. The van der Waals surface area contributed by atoms with E-state index in [-0.39, 0.29) is 24.4 Å². The van der Waals surface area contributed by atoms with E-state index in [1.54, 1.807) is 19.2 Å². The number of aryl methyl sites for hydroxylation is 1. The number of nitriles is 1. The van der Waals surface area contributed by atoms with Crippen molar-refractivity contribution in [2.24, 2.45) is 0 Å². The third kappa shape index (κ3) is 4.74. The van der Waals surface area contributed by atoms with Crippen LogP contribution in [0.2, 0.25) is 0 Å². The molecule has 0 saturated carbocycles. The quantitative estimate of drug-likeness (QED) is 0.358. The van der Waals surface area contributed by atoms with E-state index in [4.69, 9.17) is 9.15 Å². The lowest BCUT2D eigenvalue weighted by molar-refractivity contribution is -0.119. The summed E-state index contributed by atoms with van der Waals surface area (Å²) < 4.78 is 23.9. The van der Waals surface area contributed by atoms with E-state index < -0.39 is 5.92 Å². The summed E-state index contributed by atoms with van der Waals surface area (Å²) in [6.45, 7) is 0. The van der Waals surface area contributed by atoms with E-state index in [9.17, 15) is 14.4 Å². The summed E-state index contributed by atoms with van der Waals surface area (Å²) in [6, 6.07) is 15.4. The number of methoxy groups -OCH3 is 1. The molecule has 32 heavy (non-hydrogen) atoms. The zero-order valence-corrected chi connectivity index (χ0v) is 17.9. The van der Waals surface area contributed by atoms with Crippen LogP contribution in [-0.4, -0.2) is 22.9 Å². The Morgan fingerprint density at radius 1 is 1.19 bits per heavy atom. The van der Waals surface area contributed by atoms with E-state index in [0.717, 1.165) is 11.3 Å². The number of nitrogens with zero attached hydrogens (tertiary/aromatic N) is 3. The lowest BCUT2D eigenvalue weighted by Crippen LogP contribution is -2.11. The Labute approximate surface area is 187 Å². The summed E-state index contributed by atoms with van der Waals surface area (Å²) in [5, 5.41) is 11.9. The second-order valence-electron chi connectivity index (χ2n) is 6.95. The van der Waals surface area contributed by atoms with Crippen molar-refractivity contribution in [2.75, 3.05) is 7.11 Å². The third-order valence-electron chi connectivity index (χ3n) is 4.87. The molecule has 0 aliphatic rings. The van der Waals surface area contributed by atoms with E-state index in [2.05, 4.69) is 16.0 Å². The zero-order valence-electron chi connectivity index (χ0n) is 17.1. The maximum absolute atomic E-state index is 13.1. The lowest BCUT2D eigenvalue weighted by Gasteiger charge is -2.04. The molecular formula is C24H18FN3O3S. The molecule has 0 saturated heterocycles. The summed E-state index contributed by atoms with van der Waals surface area (Å²) in [5.74, 6) is 0.0892. The van der Waals surface area contributed by atoms with Gasteiger partial charge in [-0.2, -0.15) is 5.26 Å². The lowest BCUT2D eigenvalue weighted by atomic mass is 10.0. The van der Waals surface area contributed by atoms with Gasteiger partial charge in [0.25, 0.3) is 0 Å². The van der Waals surface area contributed by atoms with Crippen LogP contribution in [0, 0.1) is 17.1 Å². The first-order valence-corrected chi connectivity index (χ1v) is 10.7. The first-order chi connectivity index (χ1) is 15.6. The highest BCUT2D eigenvalue weighted by atomic mass is 32.1. The second kappa shape index (κ2) is 9.54. The molecule has 0 amide bonds. The van der Waals surface area contributed by atoms with Crippen LogP contribution in [-0.2, 0) is 11.2 Å². The van der Waals surface area contributed by atoms with Crippen molar-refractivity contribution in [2.45, 2.75) is 18.8 Å². The van der Waals surface area contributed by atoms with E-state index >= 15 is 0 Å². The molecule has 0 aliphatic heterocycles. The number of benzene rings is 2. The minimum Gasteiger partial charge on any atom is -0.497 e. The Hall–Kier alpha value is -3.83. The predicted molar refractivity (Wildman–Crippen MR) is 118 cm³/mol. The Morgan fingerprint density at radius 2 is 1.91 bits per heavy atom. The maximum atomic E-state index is 13.1. The molecule has 0 aliphatic carbocycles.